The Morgan fingerprint density at radius 2 is 2.16 bits per heavy atom. The molecule has 0 aromatic heterocycles. The molecule has 2 N–H and O–H groups in total. The van der Waals surface area contributed by atoms with Crippen LogP contribution in [0.2, 0.25) is 0 Å². The molecule has 0 fully saturated rings. The van der Waals surface area contributed by atoms with E-state index in [1.54, 1.807) is 12.1 Å². The minimum Gasteiger partial charge on any atom is -0.309 e. The van der Waals surface area contributed by atoms with Crippen LogP contribution >= 0.6 is 0 Å². The van der Waals surface area contributed by atoms with Gasteiger partial charge in [0.25, 0.3) is 0 Å². The lowest BCUT2D eigenvalue weighted by Gasteiger charge is -2.15. The fourth-order valence-corrected chi connectivity index (χ4v) is 3.51. The zero-order chi connectivity index (χ0) is 13.9. The first-order valence-electron chi connectivity index (χ1n) is 6.35. The third-order valence-corrected chi connectivity index (χ3v) is 4.82. The summed E-state index contributed by atoms with van der Waals surface area (Å²) in [7, 11) is -3.49. The summed E-state index contributed by atoms with van der Waals surface area (Å²) in [6.07, 6.45) is 6.32. The summed E-state index contributed by atoms with van der Waals surface area (Å²) >= 11 is 0. The highest BCUT2D eigenvalue weighted by atomic mass is 32.2. The van der Waals surface area contributed by atoms with E-state index in [0.29, 0.717) is 17.7 Å². The van der Waals surface area contributed by atoms with Crippen LogP contribution in [0.5, 0.6) is 0 Å². The molecular weight excluding hydrogens is 260 g/mol. The van der Waals surface area contributed by atoms with E-state index < -0.39 is 10.0 Å². The summed E-state index contributed by atoms with van der Waals surface area (Å²) < 4.78 is 27.2. The van der Waals surface area contributed by atoms with Crippen LogP contribution in [0.25, 0.3) is 0 Å². The first kappa shape index (κ1) is 14.1. The first-order valence-corrected chi connectivity index (χ1v) is 7.83. The Morgan fingerprint density at radius 1 is 1.42 bits per heavy atom. The van der Waals surface area contributed by atoms with Gasteiger partial charge in [-0.15, -0.1) is 12.3 Å². The molecule has 0 spiro atoms. The number of nitrogens with one attached hydrogen (secondary N) is 2. The molecule has 0 aliphatic carbocycles. The van der Waals surface area contributed by atoms with Crippen LogP contribution in [0.15, 0.2) is 23.1 Å². The predicted octanol–water partition coefficient (Wildman–Crippen LogP) is 1.37. The van der Waals surface area contributed by atoms with Crippen molar-refractivity contribution in [3.63, 3.8) is 0 Å². The van der Waals surface area contributed by atoms with E-state index in [9.17, 15) is 8.42 Å². The Balaban J connectivity index is 2.22. The monoisotopic (exact) mass is 278 g/mol. The Bertz CT molecular complexity index is 602. The van der Waals surface area contributed by atoms with Gasteiger partial charge in [0.15, 0.2) is 0 Å². The van der Waals surface area contributed by atoms with Crippen molar-refractivity contribution in [1.29, 1.82) is 0 Å². The minimum atomic E-state index is -3.49. The van der Waals surface area contributed by atoms with Gasteiger partial charge in [-0.25, -0.2) is 13.1 Å². The molecule has 0 bridgehead atoms. The summed E-state index contributed by atoms with van der Waals surface area (Å²) in [5.41, 5.74) is 2.21. The van der Waals surface area contributed by atoms with E-state index in [1.165, 1.54) is 0 Å². The average molecular weight is 278 g/mol. The standard InChI is InChI=1S/C14H18N2O2S/c1-3-5-13(4-2)16-19(17,18)14-7-6-11-9-15-10-12(11)8-14/h1,6-8,13,15-16H,4-5,9-10H2,2H3. The summed E-state index contributed by atoms with van der Waals surface area (Å²) in [5.74, 6) is 2.50. The quantitative estimate of drug-likeness (QED) is 0.800. The zero-order valence-corrected chi connectivity index (χ0v) is 11.8. The first-order chi connectivity index (χ1) is 9.06. The highest BCUT2D eigenvalue weighted by molar-refractivity contribution is 7.89. The third kappa shape index (κ3) is 3.16. The molecule has 0 radical (unpaired) electrons. The van der Waals surface area contributed by atoms with Gasteiger partial charge in [0.2, 0.25) is 10.0 Å². The smallest absolute Gasteiger partial charge is 0.240 e. The van der Waals surface area contributed by atoms with Crippen LogP contribution in [0.4, 0.5) is 0 Å². The van der Waals surface area contributed by atoms with E-state index in [-0.39, 0.29) is 6.04 Å². The van der Waals surface area contributed by atoms with Gasteiger partial charge in [-0.2, -0.15) is 0 Å². The molecule has 2 rings (SSSR count). The third-order valence-electron chi connectivity index (χ3n) is 3.30. The van der Waals surface area contributed by atoms with Crippen LogP contribution < -0.4 is 10.0 Å². The molecule has 0 amide bonds. The number of hydrogen-bond donors (Lipinski definition) is 2. The molecule has 1 aliphatic heterocycles. The van der Waals surface area contributed by atoms with Gasteiger partial charge >= 0.3 is 0 Å². The SMILES string of the molecule is C#CCC(CC)NS(=O)(=O)c1ccc2c(c1)CNC2. The number of terminal acetylenes is 1. The molecule has 1 aromatic carbocycles. The molecular formula is C14H18N2O2S. The average Bonchev–Trinajstić information content (AvgIpc) is 2.85. The van der Waals surface area contributed by atoms with Crippen LogP contribution in [-0.2, 0) is 23.1 Å². The summed E-state index contributed by atoms with van der Waals surface area (Å²) in [5, 5.41) is 3.20. The second-order valence-electron chi connectivity index (χ2n) is 4.67. The van der Waals surface area contributed by atoms with Gasteiger partial charge in [0, 0.05) is 25.6 Å². The molecule has 1 heterocycles. The maximum atomic E-state index is 12.3. The number of sulfonamides is 1. The van der Waals surface area contributed by atoms with E-state index in [2.05, 4.69) is 16.0 Å². The highest BCUT2D eigenvalue weighted by Gasteiger charge is 2.20. The van der Waals surface area contributed by atoms with Crippen molar-refractivity contribution >= 4 is 10.0 Å². The summed E-state index contributed by atoms with van der Waals surface area (Å²) in [6, 6.07) is 5.05. The van der Waals surface area contributed by atoms with Crippen LogP contribution in [0, 0.1) is 12.3 Å². The lowest BCUT2D eigenvalue weighted by molar-refractivity contribution is 0.544. The van der Waals surface area contributed by atoms with Gasteiger partial charge in [-0.1, -0.05) is 13.0 Å². The Kier molecular flexibility index (Phi) is 4.25. The number of benzene rings is 1. The fourth-order valence-electron chi connectivity index (χ4n) is 2.14. The van der Waals surface area contributed by atoms with Crippen molar-refractivity contribution in [3.05, 3.63) is 29.3 Å². The highest BCUT2D eigenvalue weighted by Crippen LogP contribution is 2.20. The maximum absolute atomic E-state index is 12.3. The molecule has 5 heteroatoms. The number of hydrogen-bond acceptors (Lipinski definition) is 3. The van der Waals surface area contributed by atoms with Crippen molar-refractivity contribution in [2.24, 2.45) is 0 Å². The van der Waals surface area contributed by atoms with Crippen molar-refractivity contribution < 1.29 is 8.42 Å². The number of rotatable bonds is 5. The Hall–Kier alpha value is -1.35. The topological polar surface area (TPSA) is 58.2 Å². The molecule has 4 nitrogen and oxygen atoms in total. The zero-order valence-electron chi connectivity index (χ0n) is 10.9. The normalized spacial score (nSPS) is 15.8. The summed E-state index contributed by atoms with van der Waals surface area (Å²) in [6.45, 7) is 3.44. The summed E-state index contributed by atoms with van der Waals surface area (Å²) in [4.78, 5) is 0.311. The molecule has 1 aliphatic rings. The van der Waals surface area contributed by atoms with Gasteiger partial charge in [-0.05, 0) is 29.7 Å². The molecule has 102 valence electrons. The molecule has 0 saturated carbocycles. The van der Waals surface area contributed by atoms with E-state index in [4.69, 9.17) is 6.42 Å². The van der Waals surface area contributed by atoms with Crippen LogP contribution in [-0.4, -0.2) is 14.5 Å². The van der Waals surface area contributed by atoms with E-state index in [0.717, 1.165) is 24.2 Å². The van der Waals surface area contributed by atoms with Crippen molar-refractivity contribution in [2.75, 3.05) is 0 Å². The van der Waals surface area contributed by atoms with Gasteiger partial charge in [0.05, 0.1) is 4.90 Å². The number of fused-ring (bicyclic) bond motifs is 1. The van der Waals surface area contributed by atoms with E-state index >= 15 is 0 Å². The van der Waals surface area contributed by atoms with Gasteiger partial charge < -0.3 is 5.32 Å². The second-order valence-corrected chi connectivity index (χ2v) is 6.38. The molecule has 1 atom stereocenters. The van der Waals surface area contributed by atoms with Crippen molar-refractivity contribution in [2.45, 2.75) is 43.8 Å². The maximum Gasteiger partial charge on any atom is 0.240 e. The Morgan fingerprint density at radius 3 is 2.84 bits per heavy atom. The molecule has 1 aromatic rings. The Labute approximate surface area is 114 Å². The van der Waals surface area contributed by atoms with Gasteiger partial charge in [-0.3, -0.25) is 0 Å². The molecule has 19 heavy (non-hydrogen) atoms. The fraction of sp³-hybridized carbons (Fsp3) is 0.429. The van der Waals surface area contributed by atoms with Crippen molar-refractivity contribution in [3.8, 4) is 12.3 Å². The molecule has 1 unspecified atom stereocenters. The largest absolute Gasteiger partial charge is 0.309 e. The van der Waals surface area contributed by atoms with Gasteiger partial charge in [0.1, 0.15) is 0 Å². The lowest BCUT2D eigenvalue weighted by atomic mass is 10.1. The predicted molar refractivity (Wildman–Crippen MR) is 74.8 cm³/mol. The minimum absolute atomic E-state index is 0.207. The van der Waals surface area contributed by atoms with Crippen LogP contribution in [0.3, 0.4) is 0 Å². The second kappa shape index (κ2) is 5.74. The van der Waals surface area contributed by atoms with E-state index in [1.807, 2.05) is 13.0 Å². The van der Waals surface area contributed by atoms with Crippen molar-refractivity contribution in [1.82, 2.24) is 10.0 Å². The lowest BCUT2D eigenvalue weighted by Crippen LogP contribution is -2.34. The molecule has 0 saturated heterocycles. The van der Waals surface area contributed by atoms with Crippen LogP contribution in [0.1, 0.15) is 30.9 Å².